The van der Waals surface area contributed by atoms with Crippen molar-refractivity contribution < 1.29 is 13.9 Å². The van der Waals surface area contributed by atoms with Crippen molar-refractivity contribution in [1.29, 1.82) is 0 Å². The minimum absolute atomic E-state index is 0.0608. The van der Waals surface area contributed by atoms with E-state index in [1.54, 1.807) is 6.20 Å². The molecule has 2 aromatic rings. The molecule has 5 heteroatoms. The number of hydrogen-bond acceptors (Lipinski definition) is 5. The molecule has 2 aliphatic rings. The minimum Gasteiger partial charge on any atom is -0.465 e. The second kappa shape index (κ2) is 7.28. The largest absolute Gasteiger partial charge is 0.465 e. The Balaban J connectivity index is 1.31. The number of aryl methyl sites for hydroxylation is 1. The lowest BCUT2D eigenvalue weighted by Gasteiger charge is -2.39. The van der Waals surface area contributed by atoms with Crippen LogP contribution in [0.25, 0.3) is 0 Å². The Morgan fingerprint density at radius 1 is 1.32 bits per heavy atom. The fourth-order valence-electron chi connectivity index (χ4n) is 4.00. The van der Waals surface area contributed by atoms with Crippen molar-refractivity contribution in [2.24, 2.45) is 0 Å². The summed E-state index contributed by atoms with van der Waals surface area (Å²) in [5, 5.41) is 0. The van der Waals surface area contributed by atoms with Gasteiger partial charge in [-0.15, -0.1) is 0 Å². The molecule has 2 fully saturated rings. The van der Waals surface area contributed by atoms with E-state index in [9.17, 15) is 0 Å². The van der Waals surface area contributed by atoms with Gasteiger partial charge in [-0.2, -0.15) is 0 Å². The van der Waals surface area contributed by atoms with Crippen LogP contribution in [0.15, 0.2) is 40.9 Å². The summed E-state index contributed by atoms with van der Waals surface area (Å²) in [6.45, 7) is 6.14. The van der Waals surface area contributed by atoms with E-state index in [0.717, 1.165) is 56.1 Å². The molecule has 5 nitrogen and oxygen atoms in total. The van der Waals surface area contributed by atoms with Gasteiger partial charge in [-0.3, -0.25) is 9.88 Å². The fourth-order valence-corrected chi connectivity index (χ4v) is 4.00. The van der Waals surface area contributed by atoms with E-state index in [1.807, 2.05) is 31.2 Å². The molecular formula is C20H26N2O3. The number of furan rings is 1. The Kier molecular flexibility index (Phi) is 4.88. The van der Waals surface area contributed by atoms with Crippen molar-refractivity contribution in [1.82, 2.24) is 9.88 Å². The lowest BCUT2D eigenvalue weighted by molar-refractivity contribution is -0.0559. The zero-order valence-corrected chi connectivity index (χ0v) is 14.8. The zero-order chi connectivity index (χ0) is 17.1. The summed E-state index contributed by atoms with van der Waals surface area (Å²) in [5.74, 6) is 2.01. The molecule has 1 spiro atoms. The van der Waals surface area contributed by atoms with Gasteiger partial charge in [0.1, 0.15) is 11.5 Å². The van der Waals surface area contributed by atoms with Crippen molar-refractivity contribution in [3.05, 3.63) is 53.7 Å². The van der Waals surface area contributed by atoms with E-state index >= 15 is 0 Å². The lowest BCUT2D eigenvalue weighted by Crippen LogP contribution is -2.47. The summed E-state index contributed by atoms with van der Waals surface area (Å²) in [7, 11) is 0. The molecular weight excluding hydrogens is 316 g/mol. The van der Waals surface area contributed by atoms with E-state index in [0.29, 0.717) is 13.2 Å². The fraction of sp³-hybridized carbons (Fsp3) is 0.550. The number of rotatable bonds is 5. The molecule has 2 atom stereocenters. The Morgan fingerprint density at radius 3 is 3.08 bits per heavy atom. The second-order valence-electron chi connectivity index (χ2n) is 7.28. The molecule has 0 bridgehead atoms. The van der Waals surface area contributed by atoms with Gasteiger partial charge in [0.25, 0.3) is 0 Å². The van der Waals surface area contributed by atoms with E-state index in [-0.39, 0.29) is 11.7 Å². The number of likely N-dealkylation sites (tertiary alicyclic amines) is 1. The minimum atomic E-state index is -0.0608. The Labute approximate surface area is 148 Å². The van der Waals surface area contributed by atoms with Gasteiger partial charge in [-0.05, 0) is 50.6 Å². The third-order valence-electron chi connectivity index (χ3n) is 5.16. The Morgan fingerprint density at radius 2 is 2.28 bits per heavy atom. The van der Waals surface area contributed by atoms with Crippen LogP contribution < -0.4 is 0 Å². The Bertz CT molecular complexity index is 687. The summed E-state index contributed by atoms with van der Waals surface area (Å²) in [5.41, 5.74) is 0.913. The normalized spacial score (nSPS) is 27.2. The molecule has 2 aliphatic heterocycles. The molecule has 2 aromatic heterocycles. The quantitative estimate of drug-likeness (QED) is 0.834. The van der Waals surface area contributed by atoms with Crippen LogP contribution in [0.1, 0.15) is 36.5 Å². The first-order valence-corrected chi connectivity index (χ1v) is 9.14. The SMILES string of the molecule is Cc1ccc(CN2CCC[C@]3(C[C@@H](OCc4ccccn4)CO3)C2)o1. The van der Waals surface area contributed by atoms with Crippen LogP contribution in [0.4, 0.5) is 0 Å². The van der Waals surface area contributed by atoms with Gasteiger partial charge in [-0.1, -0.05) is 6.07 Å². The van der Waals surface area contributed by atoms with Gasteiger partial charge in [0.2, 0.25) is 0 Å². The highest BCUT2D eigenvalue weighted by Gasteiger charge is 2.44. The maximum Gasteiger partial charge on any atom is 0.118 e. The molecule has 2 saturated heterocycles. The van der Waals surface area contributed by atoms with Gasteiger partial charge < -0.3 is 13.9 Å². The van der Waals surface area contributed by atoms with Gasteiger partial charge in [0.05, 0.1) is 37.2 Å². The summed E-state index contributed by atoms with van der Waals surface area (Å²) >= 11 is 0. The summed E-state index contributed by atoms with van der Waals surface area (Å²) in [6, 6.07) is 10.0. The second-order valence-corrected chi connectivity index (χ2v) is 7.28. The first-order chi connectivity index (χ1) is 12.2. The van der Waals surface area contributed by atoms with Crippen LogP contribution in [0.2, 0.25) is 0 Å². The average molecular weight is 342 g/mol. The first kappa shape index (κ1) is 16.8. The van der Waals surface area contributed by atoms with E-state index in [4.69, 9.17) is 13.9 Å². The van der Waals surface area contributed by atoms with E-state index in [1.165, 1.54) is 0 Å². The van der Waals surface area contributed by atoms with Gasteiger partial charge >= 0.3 is 0 Å². The summed E-state index contributed by atoms with van der Waals surface area (Å²) < 4.78 is 18.0. The zero-order valence-electron chi connectivity index (χ0n) is 14.8. The van der Waals surface area contributed by atoms with Crippen molar-refractivity contribution in [2.75, 3.05) is 19.7 Å². The third-order valence-corrected chi connectivity index (χ3v) is 5.16. The topological polar surface area (TPSA) is 47.7 Å². The predicted molar refractivity (Wildman–Crippen MR) is 94.1 cm³/mol. The highest BCUT2D eigenvalue weighted by atomic mass is 16.6. The maximum absolute atomic E-state index is 6.24. The van der Waals surface area contributed by atoms with Crippen molar-refractivity contribution in [2.45, 2.75) is 51.0 Å². The average Bonchev–Trinajstić information content (AvgIpc) is 3.20. The highest BCUT2D eigenvalue weighted by Crippen LogP contribution is 2.36. The maximum atomic E-state index is 6.24. The Hall–Kier alpha value is -1.69. The number of piperidine rings is 1. The van der Waals surface area contributed by atoms with Crippen molar-refractivity contribution in [3.63, 3.8) is 0 Å². The van der Waals surface area contributed by atoms with Crippen molar-refractivity contribution in [3.8, 4) is 0 Å². The third kappa shape index (κ3) is 4.11. The van der Waals surface area contributed by atoms with E-state index < -0.39 is 0 Å². The highest BCUT2D eigenvalue weighted by molar-refractivity contribution is 5.06. The predicted octanol–water partition coefficient (Wildman–Crippen LogP) is 3.32. The molecule has 0 amide bonds. The molecule has 0 aromatic carbocycles. The molecule has 0 radical (unpaired) electrons. The summed E-state index contributed by atoms with van der Waals surface area (Å²) in [6.07, 6.45) is 5.21. The van der Waals surface area contributed by atoms with Crippen LogP contribution in [0, 0.1) is 6.92 Å². The smallest absolute Gasteiger partial charge is 0.118 e. The lowest BCUT2D eigenvalue weighted by atomic mass is 9.89. The van der Waals surface area contributed by atoms with Crippen LogP contribution in [-0.2, 0) is 22.6 Å². The number of ether oxygens (including phenoxy) is 2. The number of nitrogens with zero attached hydrogens (tertiary/aromatic N) is 2. The molecule has 0 unspecified atom stereocenters. The van der Waals surface area contributed by atoms with Crippen LogP contribution in [0.5, 0.6) is 0 Å². The van der Waals surface area contributed by atoms with Gasteiger partial charge in [0.15, 0.2) is 0 Å². The number of hydrogen-bond donors (Lipinski definition) is 0. The molecule has 0 aliphatic carbocycles. The first-order valence-electron chi connectivity index (χ1n) is 9.14. The van der Waals surface area contributed by atoms with E-state index in [2.05, 4.69) is 16.0 Å². The molecule has 4 rings (SSSR count). The van der Waals surface area contributed by atoms with Crippen LogP contribution in [-0.4, -0.2) is 41.3 Å². The molecule has 25 heavy (non-hydrogen) atoms. The molecule has 4 heterocycles. The van der Waals surface area contributed by atoms with Gasteiger partial charge in [-0.25, -0.2) is 0 Å². The van der Waals surface area contributed by atoms with Crippen molar-refractivity contribution >= 4 is 0 Å². The summed E-state index contributed by atoms with van der Waals surface area (Å²) in [4.78, 5) is 6.77. The monoisotopic (exact) mass is 342 g/mol. The standard InChI is InChI=1S/C20H26N2O3/c1-16-6-7-18(25-16)12-22-10-4-8-20(15-22)11-19(14-24-20)23-13-17-5-2-3-9-21-17/h2-3,5-7,9,19H,4,8,10-15H2,1H3/t19-,20+/m1/s1. The molecule has 134 valence electrons. The number of pyridine rings is 1. The molecule has 0 saturated carbocycles. The number of aromatic nitrogens is 1. The van der Waals surface area contributed by atoms with Gasteiger partial charge in [0, 0.05) is 19.2 Å². The molecule has 0 N–H and O–H groups in total. The van der Waals surface area contributed by atoms with Crippen LogP contribution >= 0.6 is 0 Å². The van der Waals surface area contributed by atoms with Crippen LogP contribution in [0.3, 0.4) is 0 Å².